The monoisotopic (exact) mass is 416 g/mol. The van der Waals surface area contributed by atoms with Crippen LogP contribution in [0.1, 0.15) is 71.3 Å². The Kier molecular flexibility index (Phi) is 11.6. The van der Waals surface area contributed by atoms with Crippen LogP contribution in [-0.4, -0.2) is 17.5 Å². The van der Waals surface area contributed by atoms with E-state index in [-0.39, 0.29) is 11.7 Å². The molecule has 2 rings (SSSR count). The topological polar surface area (TPSA) is 41.5 Å². The molecule has 0 spiro atoms. The maximum atomic E-state index is 13.1. The molecule has 2 unspecified atom stereocenters. The number of carbonyl (C=O) groups excluding carboxylic acids is 1. The third kappa shape index (κ3) is 8.44. The molecule has 3 nitrogen and oxygen atoms in total. The molecule has 1 aromatic rings. The van der Waals surface area contributed by atoms with Gasteiger partial charge < -0.3 is 5.43 Å². The molecule has 0 saturated carbocycles. The van der Waals surface area contributed by atoms with Gasteiger partial charge in [-0.1, -0.05) is 57.2 Å². The maximum Gasteiger partial charge on any atom is 0.159 e. The number of Topliss-reactive ketones (excluding diaryl/α,β-unsaturated/α-hetero) is 1. The number of allylic oxidation sites excluding steroid dienone is 5. The molecule has 0 aromatic heterocycles. The molecule has 30 heavy (non-hydrogen) atoms. The summed E-state index contributed by atoms with van der Waals surface area (Å²) in [4.78, 5) is 11.5. The van der Waals surface area contributed by atoms with Gasteiger partial charge in [-0.05, 0) is 49.5 Å². The molecule has 1 heterocycles. The summed E-state index contributed by atoms with van der Waals surface area (Å²) in [5.41, 5.74) is 6.02. The minimum absolute atomic E-state index is 0.00236. The summed E-state index contributed by atoms with van der Waals surface area (Å²) >= 11 is 0. The van der Waals surface area contributed by atoms with Crippen molar-refractivity contribution >= 4 is 11.5 Å². The van der Waals surface area contributed by atoms with Gasteiger partial charge in [0.15, 0.2) is 11.6 Å². The second-order valence-electron chi connectivity index (χ2n) is 7.41. The van der Waals surface area contributed by atoms with Crippen molar-refractivity contribution in [1.82, 2.24) is 5.43 Å². The summed E-state index contributed by atoms with van der Waals surface area (Å²) in [5, 5.41) is 4.25. The number of carbonyl (C=O) groups is 1. The average molecular weight is 417 g/mol. The fraction of sp³-hybridized carbons (Fsp3) is 0.440. The Labute approximate surface area is 179 Å². The number of nitrogens with zero attached hydrogens (tertiary/aromatic N) is 1. The summed E-state index contributed by atoms with van der Waals surface area (Å²) in [6.07, 6.45) is 11.5. The van der Waals surface area contributed by atoms with Gasteiger partial charge >= 0.3 is 0 Å². The number of benzene rings is 1. The maximum absolute atomic E-state index is 13.1. The van der Waals surface area contributed by atoms with Gasteiger partial charge in [-0.25, -0.2) is 8.78 Å². The van der Waals surface area contributed by atoms with E-state index in [1.54, 1.807) is 12.1 Å². The lowest BCUT2D eigenvalue weighted by Gasteiger charge is -2.15. The molecule has 0 saturated heterocycles. The van der Waals surface area contributed by atoms with Crippen LogP contribution in [0.3, 0.4) is 0 Å². The first-order chi connectivity index (χ1) is 14.4. The van der Waals surface area contributed by atoms with Crippen molar-refractivity contribution in [2.45, 2.75) is 71.8 Å². The van der Waals surface area contributed by atoms with Gasteiger partial charge in [0.05, 0.1) is 5.71 Å². The molecule has 2 atom stereocenters. The van der Waals surface area contributed by atoms with E-state index in [9.17, 15) is 13.6 Å². The summed E-state index contributed by atoms with van der Waals surface area (Å²) in [6, 6.07) is 4.36. The van der Waals surface area contributed by atoms with Crippen LogP contribution < -0.4 is 5.43 Å². The molecule has 0 radical (unpaired) electrons. The predicted octanol–water partition coefficient (Wildman–Crippen LogP) is 6.63. The van der Waals surface area contributed by atoms with Crippen LogP contribution in [0.4, 0.5) is 8.78 Å². The van der Waals surface area contributed by atoms with E-state index in [1.165, 1.54) is 6.07 Å². The first-order valence-corrected chi connectivity index (χ1v) is 10.6. The Morgan fingerprint density at radius 2 is 2.07 bits per heavy atom. The summed E-state index contributed by atoms with van der Waals surface area (Å²) < 4.78 is 26.0. The fourth-order valence-corrected chi connectivity index (χ4v) is 3.23. The van der Waals surface area contributed by atoms with Gasteiger partial charge in [-0.15, -0.1) is 0 Å². The molecule has 0 bridgehead atoms. The number of rotatable bonds is 9. The second-order valence-corrected chi connectivity index (χ2v) is 7.41. The number of hydrogen-bond donors (Lipinski definition) is 1. The van der Waals surface area contributed by atoms with Gasteiger partial charge in [-0.3, -0.25) is 4.79 Å². The third-order valence-corrected chi connectivity index (χ3v) is 4.82. The molecular formula is C25H34F2N2O. The van der Waals surface area contributed by atoms with Crippen LogP contribution in [0.5, 0.6) is 0 Å². The number of ketones is 1. The Morgan fingerprint density at radius 1 is 1.33 bits per heavy atom. The van der Waals surface area contributed by atoms with E-state index in [0.29, 0.717) is 24.4 Å². The Balaban J connectivity index is 0.000000311. The van der Waals surface area contributed by atoms with Crippen molar-refractivity contribution < 1.29 is 13.6 Å². The average Bonchev–Trinajstić information content (AvgIpc) is 3.16. The summed E-state index contributed by atoms with van der Waals surface area (Å²) in [5.74, 6) is -1.52. The van der Waals surface area contributed by atoms with E-state index in [0.717, 1.165) is 36.6 Å². The van der Waals surface area contributed by atoms with Crippen molar-refractivity contribution in [3.8, 4) is 0 Å². The highest BCUT2D eigenvalue weighted by molar-refractivity contribution is 6.03. The predicted molar refractivity (Wildman–Crippen MR) is 122 cm³/mol. The van der Waals surface area contributed by atoms with Crippen LogP contribution >= 0.6 is 0 Å². The molecule has 1 aliphatic rings. The highest BCUT2D eigenvalue weighted by Gasteiger charge is 2.16. The van der Waals surface area contributed by atoms with Gasteiger partial charge in [0, 0.05) is 25.3 Å². The number of nitrogens with one attached hydrogen (secondary N) is 1. The van der Waals surface area contributed by atoms with Crippen molar-refractivity contribution in [2.24, 2.45) is 5.10 Å². The van der Waals surface area contributed by atoms with E-state index in [2.05, 4.69) is 30.1 Å². The SMILES string of the molecule is C=C/C=C(\C=C/C)C1=NNC(C)C1.CCCC(CC(=O)CC)c1ccc(F)c(F)c1. The van der Waals surface area contributed by atoms with Crippen LogP contribution in [-0.2, 0) is 4.79 Å². The minimum atomic E-state index is -0.842. The molecule has 5 heteroatoms. The first-order valence-electron chi connectivity index (χ1n) is 10.6. The zero-order valence-electron chi connectivity index (χ0n) is 18.6. The van der Waals surface area contributed by atoms with Crippen molar-refractivity contribution in [3.05, 3.63) is 71.9 Å². The van der Waals surface area contributed by atoms with Gasteiger partial charge in [0.2, 0.25) is 0 Å². The highest BCUT2D eigenvalue weighted by Crippen LogP contribution is 2.27. The smallest absolute Gasteiger partial charge is 0.159 e. The van der Waals surface area contributed by atoms with Crippen LogP contribution in [0.15, 0.2) is 59.8 Å². The Bertz CT molecular complexity index is 796. The van der Waals surface area contributed by atoms with E-state index in [1.807, 2.05) is 32.9 Å². The van der Waals surface area contributed by atoms with E-state index < -0.39 is 11.6 Å². The number of hydrazone groups is 1. The van der Waals surface area contributed by atoms with E-state index >= 15 is 0 Å². The van der Waals surface area contributed by atoms with Crippen LogP contribution in [0.25, 0.3) is 0 Å². The molecule has 0 fully saturated rings. The lowest BCUT2D eigenvalue weighted by Crippen LogP contribution is -2.13. The molecular weight excluding hydrogens is 382 g/mol. The highest BCUT2D eigenvalue weighted by atomic mass is 19.2. The van der Waals surface area contributed by atoms with Gasteiger partial charge in [-0.2, -0.15) is 5.10 Å². The molecule has 164 valence electrons. The van der Waals surface area contributed by atoms with Crippen LogP contribution in [0.2, 0.25) is 0 Å². The van der Waals surface area contributed by atoms with Crippen molar-refractivity contribution in [2.75, 3.05) is 0 Å². The molecule has 0 aliphatic carbocycles. The Morgan fingerprint density at radius 3 is 2.57 bits per heavy atom. The molecule has 1 aliphatic heterocycles. The Hall–Kier alpha value is -2.56. The van der Waals surface area contributed by atoms with Crippen LogP contribution in [0, 0.1) is 11.6 Å². The van der Waals surface area contributed by atoms with Crippen molar-refractivity contribution in [1.29, 1.82) is 0 Å². The molecule has 0 amide bonds. The summed E-state index contributed by atoms with van der Waals surface area (Å²) in [6.45, 7) is 11.6. The number of hydrogen-bond acceptors (Lipinski definition) is 3. The van der Waals surface area contributed by atoms with Crippen molar-refractivity contribution in [3.63, 3.8) is 0 Å². The van der Waals surface area contributed by atoms with E-state index in [4.69, 9.17) is 0 Å². The molecule has 1 N–H and O–H groups in total. The standard InChI is InChI=1S/C14H18F2O.C11H16N2/c1-3-5-10(8-12(17)4-2)11-6-7-13(15)14(16)9-11;1-4-6-10(7-5-2)11-8-9(3)12-13-11/h6-7,9-10H,3-5,8H2,1-2H3;4-7,9,12H,1,8H2,2-3H3/b;7-5-,10-6+. The lowest BCUT2D eigenvalue weighted by atomic mass is 9.89. The zero-order chi connectivity index (χ0) is 22.5. The van der Waals surface area contributed by atoms with Gasteiger partial charge in [0.25, 0.3) is 0 Å². The zero-order valence-corrected chi connectivity index (χ0v) is 18.6. The van der Waals surface area contributed by atoms with Gasteiger partial charge in [0.1, 0.15) is 5.78 Å². The second kappa shape index (κ2) is 13.6. The fourth-order valence-electron chi connectivity index (χ4n) is 3.23. The molecule has 1 aromatic carbocycles. The first kappa shape index (κ1) is 25.5. The number of halogens is 2. The minimum Gasteiger partial charge on any atom is -0.307 e. The summed E-state index contributed by atoms with van der Waals surface area (Å²) in [7, 11) is 0. The third-order valence-electron chi connectivity index (χ3n) is 4.82. The normalized spacial score (nSPS) is 17.1. The quantitative estimate of drug-likeness (QED) is 0.459. The lowest BCUT2D eigenvalue weighted by molar-refractivity contribution is -0.119. The largest absolute Gasteiger partial charge is 0.307 e.